The van der Waals surface area contributed by atoms with Gasteiger partial charge in [0.15, 0.2) is 0 Å². The highest BCUT2D eigenvalue weighted by molar-refractivity contribution is 6.30. The van der Waals surface area contributed by atoms with Crippen LogP contribution in [0.25, 0.3) is 0 Å². The van der Waals surface area contributed by atoms with Gasteiger partial charge >= 0.3 is 5.97 Å². The summed E-state index contributed by atoms with van der Waals surface area (Å²) >= 11 is 5.60. The lowest BCUT2D eigenvalue weighted by atomic mass is 9.87. The Bertz CT molecular complexity index is 456. The Morgan fingerprint density at radius 3 is 2.63 bits per heavy atom. The molecule has 2 rings (SSSR count). The molecule has 0 bridgehead atoms. The van der Waals surface area contributed by atoms with Crippen LogP contribution < -0.4 is 0 Å². The quantitative estimate of drug-likeness (QED) is 0.919. The summed E-state index contributed by atoms with van der Waals surface area (Å²) < 4.78 is 18.9. The van der Waals surface area contributed by atoms with Gasteiger partial charge in [-0.2, -0.15) is 0 Å². The predicted molar refractivity (Wildman–Crippen MR) is 69.6 cm³/mol. The molecule has 0 saturated heterocycles. The lowest BCUT2D eigenvalue weighted by Gasteiger charge is -2.26. The molecule has 1 aromatic carbocycles. The second-order valence-electron chi connectivity index (χ2n) is 4.87. The molecule has 1 fully saturated rings. The molecule has 0 spiro atoms. The second kappa shape index (κ2) is 6.35. The molecule has 1 aliphatic rings. The monoisotopic (exact) mass is 286 g/mol. The Labute approximate surface area is 116 Å². The van der Waals surface area contributed by atoms with Crippen molar-refractivity contribution in [3.05, 3.63) is 34.6 Å². The van der Waals surface area contributed by atoms with Crippen LogP contribution in [0.5, 0.6) is 0 Å². The van der Waals surface area contributed by atoms with Crippen LogP contribution >= 0.6 is 11.6 Å². The number of hydrogen-bond donors (Lipinski definition) is 1. The van der Waals surface area contributed by atoms with E-state index in [4.69, 9.17) is 21.4 Å². The van der Waals surface area contributed by atoms with Gasteiger partial charge in [-0.05, 0) is 43.4 Å². The second-order valence-corrected chi connectivity index (χ2v) is 5.28. The van der Waals surface area contributed by atoms with E-state index in [9.17, 15) is 9.18 Å². The molecule has 0 unspecified atom stereocenters. The van der Waals surface area contributed by atoms with E-state index in [1.54, 1.807) is 6.07 Å². The number of carboxylic acids is 1. The third-order valence-electron chi connectivity index (χ3n) is 3.49. The van der Waals surface area contributed by atoms with Crippen molar-refractivity contribution in [2.75, 3.05) is 0 Å². The fourth-order valence-electron chi connectivity index (χ4n) is 2.32. The van der Waals surface area contributed by atoms with Crippen LogP contribution in [-0.4, -0.2) is 17.2 Å². The number of carboxylic acid groups (broad SMARTS) is 1. The van der Waals surface area contributed by atoms with E-state index in [2.05, 4.69) is 0 Å². The summed E-state index contributed by atoms with van der Waals surface area (Å²) in [6.07, 6.45) is 2.85. The lowest BCUT2D eigenvalue weighted by Crippen LogP contribution is -2.25. The number of aliphatic carboxylic acids is 1. The largest absolute Gasteiger partial charge is 0.481 e. The molecule has 1 aliphatic carbocycles. The Hall–Kier alpha value is -1.13. The van der Waals surface area contributed by atoms with Crippen molar-refractivity contribution in [1.29, 1.82) is 0 Å². The molecular formula is C14H16ClFO3. The fraction of sp³-hybridized carbons (Fsp3) is 0.500. The van der Waals surface area contributed by atoms with Gasteiger partial charge in [-0.3, -0.25) is 4.79 Å². The third-order valence-corrected chi connectivity index (χ3v) is 3.80. The number of carbonyl (C=O) groups is 1. The number of halogens is 2. The van der Waals surface area contributed by atoms with Crippen LogP contribution in [0.2, 0.25) is 5.02 Å². The average Bonchev–Trinajstić information content (AvgIpc) is 2.40. The first-order chi connectivity index (χ1) is 9.06. The van der Waals surface area contributed by atoms with Crippen molar-refractivity contribution in [1.82, 2.24) is 0 Å². The van der Waals surface area contributed by atoms with Gasteiger partial charge in [0.05, 0.1) is 23.7 Å². The molecule has 5 heteroatoms. The van der Waals surface area contributed by atoms with Crippen LogP contribution in [-0.2, 0) is 16.1 Å². The molecule has 3 nitrogen and oxygen atoms in total. The number of rotatable bonds is 4. The van der Waals surface area contributed by atoms with E-state index in [1.165, 1.54) is 12.1 Å². The average molecular weight is 287 g/mol. The van der Waals surface area contributed by atoms with Crippen molar-refractivity contribution in [2.45, 2.75) is 38.4 Å². The normalized spacial score (nSPS) is 23.3. The smallest absolute Gasteiger partial charge is 0.306 e. The maximum Gasteiger partial charge on any atom is 0.306 e. The van der Waals surface area contributed by atoms with Crippen LogP contribution in [0.15, 0.2) is 18.2 Å². The summed E-state index contributed by atoms with van der Waals surface area (Å²) in [5.41, 5.74) is 0.738. The number of hydrogen-bond acceptors (Lipinski definition) is 2. The molecule has 1 saturated carbocycles. The SMILES string of the molecule is O=C(O)C1CCC(OCc2ccc(Cl)c(F)c2)CC1. The van der Waals surface area contributed by atoms with Crippen LogP contribution in [0.3, 0.4) is 0 Å². The minimum atomic E-state index is -0.724. The Morgan fingerprint density at radius 2 is 2.05 bits per heavy atom. The topological polar surface area (TPSA) is 46.5 Å². The molecular weight excluding hydrogens is 271 g/mol. The van der Waals surface area contributed by atoms with E-state index < -0.39 is 11.8 Å². The van der Waals surface area contributed by atoms with Crippen molar-refractivity contribution >= 4 is 17.6 Å². The van der Waals surface area contributed by atoms with Crippen LogP contribution in [0.1, 0.15) is 31.2 Å². The molecule has 0 aliphatic heterocycles. The molecule has 19 heavy (non-hydrogen) atoms. The third kappa shape index (κ3) is 3.91. The maximum absolute atomic E-state index is 13.2. The highest BCUT2D eigenvalue weighted by Crippen LogP contribution is 2.27. The Balaban J connectivity index is 1.80. The van der Waals surface area contributed by atoms with Gasteiger partial charge in [-0.25, -0.2) is 4.39 Å². The maximum atomic E-state index is 13.2. The fourth-order valence-corrected chi connectivity index (χ4v) is 2.44. The first kappa shape index (κ1) is 14.3. The van der Waals surface area contributed by atoms with Gasteiger partial charge in [0.1, 0.15) is 5.82 Å². The zero-order valence-electron chi connectivity index (χ0n) is 10.4. The highest BCUT2D eigenvalue weighted by atomic mass is 35.5. The van der Waals surface area contributed by atoms with Gasteiger partial charge in [0.2, 0.25) is 0 Å². The minimum Gasteiger partial charge on any atom is -0.481 e. The van der Waals surface area contributed by atoms with E-state index >= 15 is 0 Å². The van der Waals surface area contributed by atoms with Crippen molar-refractivity contribution in [2.24, 2.45) is 5.92 Å². The van der Waals surface area contributed by atoms with Gasteiger partial charge in [0, 0.05) is 0 Å². The predicted octanol–water partition coefficient (Wildman–Crippen LogP) is 3.64. The number of ether oxygens (including phenoxy) is 1. The van der Waals surface area contributed by atoms with E-state index in [-0.39, 0.29) is 17.0 Å². The summed E-state index contributed by atoms with van der Waals surface area (Å²) in [5, 5.41) is 9.00. The lowest BCUT2D eigenvalue weighted by molar-refractivity contribution is -0.143. The van der Waals surface area contributed by atoms with Crippen molar-refractivity contribution < 1.29 is 19.0 Å². The summed E-state index contributed by atoms with van der Waals surface area (Å²) in [6.45, 7) is 0.330. The summed E-state index contributed by atoms with van der Waals surface area (Å²) in [5.74, 6) is -1.41. The van der Waals surface area contributed by atoms with Crippen molar-refractivity contribution in [3.63, 3.8) is 0 Å². The van der Waals surface area contributed by atoms with Crippen LogP contribution in [0.4, 0.5) is 4.39 Å². The standard InChI is InChI=1S/C14H16ClFO3/c15-12-6-1-9(7-13(12)16)8-19-11-4-2-10(3-5-11)14(17)18/h1,6-7,10-11H,2-5,8H2,(H,17,18). The molecule has 0 aromatic heterocycles. The van der Waals surface area contributed by atoms with Gasteiger partial charge in [-0.1, -0.05) is 17.7 Å². The van der Waals surface area contributed by atoms with Crippen LogP contribution in [0, 0.1) is 11.7 Å². The molecule has 1 aromatic rings. The van der Waals surface area contributed by atoms with Crippen molar-refractivity contribution in [3.8, 4) is 0 Å². The Kier molecular flexibility index (Phi) is 4.77. The van der Waals surface area contributed by atoms with E-state index in [0.717, 1.165) is 18.4 Å². The first-order valence-corrected chi connectivity index (χ1v) is 6.72. The van der Waals surface area contributed by atoms with E-state index in [1.807, 2.05) is 0 Å². The number of benzene rings is 1. The molecule has 104 valence electrons. The molecule has 1 N–H and O–H groups in total. The molecule has 0 heterocycles. The Morgan fingerprint density at radius 1 is 1.37 bits per heavy atom. The summed E-state index contributed by atoms with van der Waals surface area (Å²) in [4.78, 5) is 10.8. The summed E-state index contributed by atoms with van der Waals surface area (Å²) in [7, 11) is 0. The van der Waals surface area contributed by atoms with Gasteiger partial charge < -0.3 is 9.84 Å². The zero-order valence-corrected chi connectivity index (χ0v) is 11.2. The highest BCUT2D eigenvalue weighted by Gasteiger charge is 2.26. The molecule has 0 radical (unpaired) electrons. The minimum absolute atomic E-state index is 0.0642. The van der Waals surface area contributed by atoms with Gasteiger partial charge in [0.25, 0.3) is 0 Å². The molecule has 0 amide bonds. The first-order valence-electron chi connectivity index (χ1n) is 6.34. The zero-order chi connectivity index (χ0) is 13.8. The van der Waals surface area contributed by atoms with Gasteiger partial charge in [-0.15, -0.1) is 0 Å². The summed E-state index contributed by atoms with van der Waals surface area (Å²) in [6, 6.07) is 4.61. The molecule has 0 atom stereocenters. The van der Waals surface area contributed by atoms with E-state index in [0.29, 0.717) is 19.4 Å².